The fourth-order valence-electron chi connectivity index (χ4n) is 1.60. The number of amides is 1. The molecule has 0 aliphatic rings. The lowest BCUT2D eigenvalue weighted by atomic mass is 10.1. The second-order valence-corrected chi connectivity index (χ2v) is 4.76. The lowest BCUT2D eigenvalue weighted by Crippen LogP contribution is -2.29. The van der Waals surface area contributed by atoms with Crippen LogP contribution in [0.1, 0.15) is 31.9 Å². The van der Waals surface area contributed by atoms with Gasteiger partial charge in [-0.2, -0.15) is 0 Å². The molecule has 2 atom stereocenters. The van der Waals surface area contributed by atoms with Crippen LogP contribution in [0.3, 0.4) is 0 Å². The van der Waals surface area contributed by atoms with Crippen LogP contribution in [0.4, 0.5) is 0 Å². The van der Waals surface area contributed by atoms with Crippen molar-refractivity contribution < 1.29 is 4.79 Å². The van der Waals surface area contributed by atoms with E-state index in [0.29, 0.717) is 18.0 Å². The van der Waals surface area contributed by atoms with E-state index in [2.05, 4.69) is 5.32 Å². The van der Waals surface area contributed by atoms with E-state index in [9.17, 15) is 4.79 Å². The van der Waals surface area contributed by atoms with Gasteiger partial charge in [-0.3, -0.25) is 4.79 Å². The summed E-state index contributed by atoms with van der Waals surface area (Å²) in [6.07, 6.45) is 0.450. The molecule has 1 aromatic carbocycles. The highest BCUT2D eigenvalue weighted by atomic mass is 35.5. The topological polar surface area (TPSA) is 55.1 Å². The van der Waals surface area contributed by atoms with Crippen LogP contribution < -0.4 is 11.1 Å². The number of benzene rings is 1. The molecule has 2 unspecified atom stereocenters. The van der Waals surface area contributed by atoms with Crippen molar-refractivity contribution in [1.82, 2.24) is 5.32 Å². The minimum Gasteiger partial charge on any atom is -0.350 e. The molecule has 0 saturated carbocycles. The highest BCUT2D eigenvalue weighted by molar-refractivity contribution is 6.31. The highest BCUT2D eigenvalue weighted by Crippen LogP contribution is 2.22. The summed E-state index contributed by atoms with van der Waals surface area (Å²) in [4.78, 5) is 11.7. The highest BCUT2D eigenvalue weighted by Gasteiger charge is 2.13. The SMILES string of the molecule is CC(CN)CC(=O)NC(C)c1ccccc1Cl. The Balaban J connectivity index is 2.58. The van der Waals surface area contributed by atoms with Gasteiger partial charge in [-0.15, -0.1) is 0 Å². The molecule has 0 fully saturated rings. The Bertz CT molecular complexity index is 381. The first kappa shape index (κ1) is 14.0. The van der Waals surface area contributed by atoms with E-state index in [1.807, 2.05) is 38.1 Å². The lowest BCUT2D eigenvalue weighted by molar-refractivity contribution is -0.122. The molecule has 94 valence electrons. The molecule has 3 nitrogen and oxygen atoms in total. The van der Waals surface area contributed by atoms with Crippen LogP contribution in [-0.2, 0) is 4.79 Å². The second kappa shape index (κ2) is 6.62. The Labute approximate surface area is 107 Å². The van der Waals surface area contributed by atoms with E-state index >= 15 is 0 Å². The van der Waals surface area contributed by atoms with Gasteiger partial charge in [0.05, 0.1) is 6.04 Å². The molecular formula is C13H19ClN2O. The standard InChI is InChI=1S/C13H19ClN2O/c1-9(8-15)7-13(17)16-10(2)11-5-3-4-6-12(11)14/h3-6,9-10H,7-8,15H2,1-2H3,(H,16,17). The summed E-state index contributed by atoms with van der Waals surface area (Å²) >= 11 is 6.06. The van der Waals surface area contributed by atoms with Crippen LogP contribution in [0, 0.1) is 5.92 Å². The van der Waals surface area contributed by atoms with Gasteiger partial charge in [0.2, 0.25) is 5.91 Å². The number of carbonyl (C=O) groups excluding carboxylic acids is 1. The molecule has 1 rings (SSSR count). The molecule has 0 heterocycles. The maximum atomic E-state index is 11.7. The fraction of sp³-hybridized carbons (Fsp3) is 0.462. The minimum atomic E-state index is -0.0822. The molecule has 17 heavy (non-hydrogen) atoms. The van der Waals surface area contributed by atoms with E-state index in [0.717, 1.165) is 5.56 Å². The second-order valence-electron chi connectivity index (χ2n) is 4.36. The average Bonchev–Trinajstić information content (AvgIpc) is 2.29. The van der Waals surface area contributed by atoms with Crippen molar-refractivity contribution >= 4 is 17.5 Å². The Morgan fingerprint density at radius 3 is 2.65 bits per heavy atom. The van der Waals surface area contributed by atoms with Gasteiger partial charge in [0.1, 0.15) is 0 Å². The zero-order chi connectivity index (χ0) is 12.8. The first-order valence-corrected chi connectivity index (χ1v) is 6.16. The molecule has 0 saturated heterocycles. The number of rotatable bonds is 5. The summed E-state index contributed by atoms with van der Waals surface area (Å²) in [6.45, 7) is 4.40. The smallest absolute Gasteiger partial charge is 0.220 e. The minimum absolute atomic E-state index is 0.00960. The number of hydrogen-bond acceptors (Lipinski definition) is 2. The van der Waals surface area contributed by atoms with Crippen LogP contribution in [0.2, 0.25) is 5.02 Å². The molecule has 0 aliphatic carbocycles. The van der Waals surface area contributed by atoms with Gasteiger partial charge in [-0.1, -0.05) is 36.7 Å². The van der Waals surface area contributed by atoms with E-state index in [-0.39, 0.29) is 17.9 Å². The summed E-state index contributed by atoms with van der Waals surface area (Å²) in [5, 5.41) is 3.60. The van der Waals surface area contributed by atoms with E-state index in [4.69, 9.17) is 17.3 Å². The summed E-state index contributed by atoms with van der Waals surface area (Å²) in [5.41, 5.74) is 6.42. The molecule has 0 aliphatic heterocycles. The van der Waals surface area contributed by atoms with E-state index in [1.54, 1.807) is 0 Å². The molecule has 3 N–H and O–H groups in total. The van der Waals surface area contributed by atoms with Gasteiger partial charge >= 0.3 is 0 Å². The Hall–Kier alpha value is -1.06. The summed E-state index contributed by atoms with van der Waals surface area (Å²) in [6, 6.07) is 7.44. The number of halogens is 1. The molecule has 1 amide bonds. The van der Waals surface area contributed by atoms with Crippen LogP contribution in [0.15, 0.2) is 24.3 Å². The number of nitrogens with one attached hydrogen (secondary N) is 1. The van der Waals surface area contributed by atoms with E-state index in [1.165, 1.54) is 0 Å². The molecule has 0 aromatic heterocycles. The van der Waals surface area contributed by atoms with Gasteiger partial charge in [-0.25, -0.2) is 0 Å². The molecule has 0 radical (unpaired) electrons. The predicted molar refractivity (Wildman–Crippen MR) is 70.8 cm³/mol. The van der Waals surface area contributed by atoms with Crippen LogP contribution in [0.5, 0.6) is 0 Å². The summed E-state index contributed by atoms with van der Waals surface area (Å²) in [5.74, 6) is 0.212. The largest absolute Gasteiger partial charge is 0.350 e. The molecule has 1 aromatic rings. The fourth-order valence-corrected chi connectivity index (χ4v) is 1.90. The normalized spacial score (nSPS) is 14.1. The van der Waals surface area contributed by atoms with Crippen molar-refractivity contribution in [3.8, 4) is 0 Å². The molecule has 4 heteroatoms. The Morgan fingerprint density at radius 2 is 2.06 bits per heavy atom. The third-order valence-corrected chi connectivity index (χ3v) is 3.03. The van der Waals surface area contributed by atoms with Gasteiger partial charge < -0.3 is 11.1 Å². The van der Waals surface area contributed by atoms with Crippen LogP contribution in [0.25, 0.3) is 0 Å². The number of carbonyl (C=O) groups is 1. The van der Waals surface area contributed by atoms with Crippen molar-refractivity contribution in [2.75, 3.05) is 6.54 Å². The summed E-state index contributed by atoms with van der Waals surface area (Å²) < 4.78 is 0. The van der Waals surface area contributed by atoms with Gasteiger partial charge in [-0.05, 0) is 31.0 Å². The van der Waals surface area contributed by atoms with Crippen molar-refractivity contribution in [3.05, 3.63) is 34.9 Å². The third-order valence-electron chi connectivity index (χ3n) is 2.69. The first-order chi connectivity index (χ1) is 8.04. The Kier molecular flexibility index (Phi) is 5.45. The maximum Gasteiger partial charge on any atom is 0.220 e. The maximum absolute atomic E-state index is 11.7. The van der Waals surface area contributed by atoms with Gasteiger partial charge in [0.15, 0.2) is 0 Å². The monoisotopic (exact) mass is 254 g/mol. The third kappa shape index (κ3) is 4.36. The van der Waals surface area contributed by atoms with Crippen LogP contribution >= 0.6 is 11.6 Å². The van der Waals surface area contributed by atoms with Crippen molar-refractivity contribution in [2.24, 2.45) is 11.7 Å². The van der Waals surface area contributed by atoms with E-state index < -0.39 is 0 Å². The quantitative estimate of drug-likeness (QED) is 0.848. The molecule has 0 bridgehead atoms. The zero-order valence-electron chi connectivity index (χ0n) is 10.2. The number of hydrogen-bond donors (Lipinski definition) is 2. The number of nitrogens with two attached hydrogens (primary N) is 1. The van der Waals surface area contributed by atoms with Crippen LogP contribution in [-0.4, -0.2) is 12.5 Å². The van der Waals surface area contributed by atoms with Gasteiger partial charge in [0.25, 0.3) is 0 Å². The van der Waals surface area contributed by atoms with Crippen molar-refractivity contribution in [3.63, 3.8) is 0 Å². The molecular weight excluding hydrogens is 236 g/mol. The zero-order valence-corrected chi connectivity index (χ0v) is 11.0. The summed E-state index contributed by atoms with van der Waals surface area (Å²) in [7, 11) is 0. The lowest BCUT2D eigenvalue weighted by Gasteiger charge is -2.17. The van der Waals surface area contributed by atoms with Gasteiger partial charge in [0, 0.05) is 11.4 Å². The van der Waals surface area contributed by atoms with Crippen molar-refractivity contribution in [2.45, 2.75) is 26.3 Å². The predicted octanol–water partition coefficient (Wildman–Crippen LogP) is 2.50. The van der Waals surface area contributed by atoms with Crippen molar-refractivity contribution in [1.29, 1.82) is 0 Å². The first-order valence-electron chi connectivity index (χ1n) is 5.78. The molecule has 0 spiro atoms. The average molecular weight is 255 g/mol. The Morgan fingerprint density at radius 1 is 1.41 bits per heavy atom.